The number of nitrogens with one attached hydrogen (secondary N) is 2. The SMILES string of the molecule is CCOc1cccc(NC2CCN(c3ccc(-c4n[nH]c(=O)c5ccccc45)cc3)C2O)c1. The third-order valence-corrected chi connectivity index (χ3v) is 6.03. The third kappa shape index (κ3) is 4.15. The zero-order valence-corrected chi connectivity index (χ0v) is 18.4. The lowest BCUT2D eigenvalue weighted by Gasteiger charge is -2.26. The van der Waals surface area contributed by atoms with Crippen LogP contribution in [-0.2, 0) is 0 Å². The van der Waals surface area contributed by atoms with E-state index < -0.39 is 6.23 Å². The fourth-order valence-electron chi connectivity index (χ4n) is 4.41. The molecule has 0 amide bonds. The summed E-state index contributed by atoms with van der Waals surface area (Å²) in [5.74, 6) is 0.811. The lowest BCUT2D eigenvalue weighted by Crippen LogP contribution is -2.38. The van der Waals surface area contributed by atoms with E-state index in [0.29, 0.717) is 12.0 Å². The van der Waals surface area contributed by atoms with Crippen LogP contribution in [0.3, 0.4) is 0 Å². The van der Waals surface area contributed by atoms with E-state index in [1.165, 1.54) is 0 Å². The first-order chi connectivity index (χ1) is 16.1. The summed E-state index contributed by atoms with van der Waals surface area (Å²) in [6, 6.07) is 23.1. The standard InChI is InChI=1S/C26H26N4O3/c1-2-33-20-7-5-6-18(16-20)27-23-14-15-30(26(23)32)19-12-10-17(11-13-19)24-21-8-3-4-9-22(21)25(31)29-28-24/h3-13,16,23,26-27,32H,2,14-15H2,1H3,(H,29,31). The van der Waals surface area contributed by atoms with Gasteiger partial charge in [0.1, 0.15) is 12.0 Å². The lowest BCUT2D eigenvalue weighted by molar-refractivity contribution is 0.174. The van der Waals surface area contributed by atoms with Crippen molar-refractivity contribution in [3.05, 3.63) is 83.2 Å². The molecular weight excluding hydrogens is 416 g/mol. The van der Waals surface area contributed by atoms with E-state index in [1.807, 2.05) is 78.6 Å². The summed E-state index contributed by atoms with van der Waals surface area (Å²) in [6.07, 6.45) is 0.159. The van der Waals surface area contributed by atoms with Crippen LogP contribution in [0.1, 0.15) is 13.3 Å². The zero-order chi connectivity index (χ0) is 22.8. The third-order valence-electron chi connectivity index (χ3n) is 6.03. The molecule has 1 aliphatic heterocycles. The number of ether oxygens (including phenoxy) is 1. The minimum absolute atomic E-state index is 0.0913. The maximum atomic E-state index is 12.1. The van der Waals surface area contributed by atoms with Gasteiger partial charge in [0.05, 0.1) is 23.7 Å². The van der Waals surface area contributed by atoms with Crippen LogP contribution in [0.25, 0.3) is 22.0 Å². The van der Waals surface area contributed by atoms with Gasteiger partial charge in [-0.2, -0.15) is 5.10 Å². The normalized spacial score (nSPS) is 17.9. The molecule has 5 rings (SSSR count). The summed E-state index contributed by atoms with van der Waals surface area (Å²) in [7, 11) is 0. The van der Waals surface area contributed by atoms with Crippen molar-refractivity contribution in [1.29, 1.82) is 0 Å². The maximum Gasteiger partial charge on any atom is 0.272 e. The highest BCUT2D eigenvalue weighted by molar-refractivity contribution is 5.93. The Labute approximate surface area is 191 Å². The first kappa shape index (κ1) is 21.0. The molecule has 33 heavy (non-hydrogen) atoms. The van der Waals surface area contributed by atoms with Gasteiger partial charge in [0.25, 0.3) is 5.56 Å². The molecule has 1 aromatic heterocycles. The number of rotatable bonds is 6. The Morgan fingerprint density at radius 1 is 1.09 bits per heavy atom. The first-order valence-electron chi connectivity index (χ1n) is 11.2. The highest BCUT2D eigenvalue weighted by Crippen LogP contribution is 2.30. The van der Waals surface area contributed by atoms with Gasteiger partial charge >= 0.3 is 0 Å². The van der Waals surface area contributed by atoms with Gasteiger partial charge < -0.3 is 20.1 Å². The fraction of sp³-hybridized carbons (Fsp3) is 0.231. The zero-order valence-electron chi connectivity index (χ0n) is 18.4. The maximum absolute atomic E-state index is 12.1. The number of fused-ring (bicyclic) bond motifs is 1. The first-order valence-corrected chi connectivity index (χ1v) is 11.2. The van der Waals surface area contributed by atoms with Crippen LogP contribution in [0.4, 0.5) is 11.4 Å². The van der Waals surface area contributed by atoms with Crippen molar-refractivity contribution in [2.24, 2.45) is 0 Å². The van der Waals surface area contributed by atoms with Crippen LogP contribution in [-0.4, -0.2) is 40.7 Å². The highest BCUT2D eigenvalue weighted by atomic mass is 16.5. The summed E-state index contributed by atoms with van der Waals surface area (Å²) < 4.78 is 5.57. The minimum Gasteiger partial charge on any atom is -0.494 e. The molecule has 3 aromatic carbocycles. The predicted octanol–water partition coefficient (Wildman–Crippen LogP) is 4.00. The van der Waals surface area contributed by atoms with Gasteiger partial charge in [0.2, 0.25) is 0 Å². The van der Waals surface area contributed by atoms with Crippen molar-refractivity contribution in [3.63, 3.8) is 0 Å². The van der Waals surface area contributed by atoms with E-state index in [0.717, 1.165) is 46.7 Å². The molecule has 0 saturated carbocycles. The number of aliphatic hydroxyl groups is 1. The van der Waals surface area contributed by atoms with Crippen LogP contribution in [0.15, 0.2) is 77.6 Å². The average Bonchev–Trinajstić information content (AvgIpc) is 3.20. The molecule has 3 N–H and O–H groups in total. The molecule has 0 spiro atoms. The number of H-pyrrole nitrogens is 1. The molecular formula is C26H26N4O3. The number of benzene rings is 3. The number of anilines is 2. The average molecular weight is 443 g/mol. The van der Waals surface area contributed by atoms with Gasteiger partial charge in [0, 0.05) is 34.9 Å². The van der Waals surface area contributed by atoms with Crippen molar-refractivity contribution >= 4 is 22.1 Å². The molecule has 1 saturated heterocycles. The lowest BCUT2D eigenvalue weighted by atomic mass is 10.0. The minimum atomic E-state index is -0.654. The molecule has 2 atom stereocenters. The molecule has 2 heterocycles. The molecule has 1 fully saturated rings. The smallest absolute Gasteiger partial charge is 0.272 e. The second-order valence-corrected chi connectivity index (χ2v) is 8.10. The van der Waals surface area contributed by atoms with Crippen molar-refractivity contribution < 1.29 is 9.84 Å². The summed E-state index contributed by atoms with van der Waals surface area (Å²) in [6.45, 7) is 3.31. The predicted molar refractivity (Wildman–Crippen MR) is 131 cm³/mol. The molecule has 7 nitrogen and oxygen atoms in total. The Kier molecular flexibility index (Phi) is 5.71. The summed E-state index contributed by atoms with van der Waals surface area (Å²) in [5.41, 5.74) is 3.30. The highest BCUT2D eigenvalue weighted by Gasteiger charge is 2.32. The second kappa shape index (κ2) is 8.96. The van der Waals surface area contributed by atoms with Gasteiger partial charge in [-0.15, -0.1) is 0 Å². The van der Waals surface area contributed by atoms with Crippen LogP contribution in [0, 0.1) is 0 Å². The van der Waals surface area contributed by atoms with Crippen LogP contribution in [0.2, 0.25) is 0 Å². The van der Waals surface area contributed by atoms with Crippen molar-refractivity contribution in [1.82, 2.24) is 10.2 Å². The van der Waals surface area contributed by atoms with Crippen molar-refractivity contribution in [2.75, 3.05) is 23.4 Å². The Morgan fingerprint density at radius 2 is 1.88 bits per heavy atom. The van der Waals surface area contributed by atoms with E-state index >= 15 is 0 Å². The molecule has 7 heteroatoms. The van der Waals surface area contributed by atoms with Crippen molar-refractivity contribution in [2.45, 2.75) is 25.6 Å². The van der Waals surface area contributed by atoms with E-state index in [1.54, 1.807) is 6.07 Å². The summed E-state index contributed by atoms with van der Waals surface area (Å²) >= 11 is 0. The topological polar surface area (TPSA) is 90.5 Å². The van der Waals surface area contributed by atoms with E-state index in [9.17, 15) is 9.90 Å². The van der Waals surface area contributed by atoms with Crippen LogP contribution >= 0.6 is 0 Å². The van der Waals surface area contributed by atoms with Crippen LogP contribution < -0.4 is 20.5 Å². The number of nitrogens with zero attached hydrogens (tertiary/aromatic N) is 2. The quantitative estimate of drug-likeness (QED) is 0.418. The monoisotopic (exact) mass is 442 g/mol. The largest absolute Gasteiger partial charge is 0.494 e. The number of hydrogen-bond donors (Lipinski definition) is 3. The van der Waals surface area contributed by atoms with E-state index in [4.69, 9.17) is 4.74 Å². The van der Waals surface area contributed by atoms with E-state index in [2.05, 4.69) is 15.5 Å². The summed E-state index contributed by atoms with van der Waals surface area (Å²) in [5, 5.41) is 22.7. The van der Waals surface area contributed by atoms with Gasteiger partial charge in [0.15, 0.2) is 0 Å². The van der Waals surface area contributed by atoms with Gasteiger partial charge in [-0.25, -0.2) is 5.10 Å². The summed E-state index contributed by atoms with van der Waals surface area (Å²) in [4.78, 5) is 14.1. The van der Waals surface area contributed by atoms with Gasteiger partial charge in [-0.3, -0.25) is 4.79 Å². The van der Waals surface area contributed by atoms with E-state index in [-0.39, 0.29) is 11.6 Å². The molecule has 1 aliphatic rings. The molecule has 168 valence electrons. The number of aliphatic hydroxyl groups excluding tert-OH is 1. The van der Waals surface area contributed by atoms with Crippen LogP contribution in [0.5, 0.6) is 5.75 Å². The number of aromatic amines is 1. The Hall–Kier alpha value is -3.84. The number of aromatic nitrogens is 2. The second-order valence-electron chi connectivity index (χ2n) is 8.10. The molecule has 0 aliphatic carbocycles. The Bertz CT molecular complexity index is 1320. The van der Waals surface area contributed by atoms with Gasteiger partial charge in [-0.05, 0) is 43.7 Å². The molecule has 0 bridgehead atoms. The van der Waals surface area contributed by atoms with Gasteiger partial charge in [-0.1, -0.05) is 36.4 Å². The van der Waals surface area contributed by atoms with Crippen molar-refractivity contribution in [3.8, 4) is 17.0 Å². The Morgan fingerprint density at radius 3 is 2.67 bits per heavy atom. The molecule has 0 radical (unpaired) electrons. The molecule has 4 aromatic rings. The Balaban J connectivity index is 1.34. The molecule has 2 unspecified atom stereocenters. The number of hydrogen-bond acceptors (Lipinski definition) is 6. The fourth-order valence-corrected chi connectivity index (χ4v) is 4.41.